The number of alkyl halides is 3. The lowest BCUT2D eigenvalue weighted by molar-refractivity contribution is -0.141. The highest BCUT2D eigenvalue weighted by atomic mass is 35.5. The maximum Gasteiger partial charge on any atom is 0.241 e. The molecule has 4 aliphatic heterocycles. The summed E-state index contributed by atoms with van der Waals surface area (Å²) in [6.45, 7) is 4.62. The van der Waals surface area contributed by atoms with E-state index in [1.807, 2.05) is 4.90 Å². The summed E-state index contributed by atoms with van der Waals surface area (Å²) in [7, 11) is 1.72. The smallest absolute Gasteiger partial charge is 0.241 e. The van der Waals surface area contributed by atoms with Gasteiger partial charge in [-0.05, 0) is 44.4 Å². The van der Waals surface area contributed by atoms with Crippen molar-refractivity contribution in [2.75, 3.05) is 33.3 Å². The number of carbonyl (C=O) groups excluding carboxylic acids is 2. The van der Waals surface area contributed by atoms with E-state index in [-0.39, 0.29) is 63.9 Å². The Balaban J connectivity index is 1.14. The maximum atomic E-state index is 13.5. The number of hydrogen-bond donors (Lipinski definition) is 4. The molecule has 1 saturated carbocycles. The Morgan fingerprint density at radius 2 is 1.89 bits per heavy atom. The Morgan fingerprint density at radius 3 is 2.58 bits per heavy atom. The standard InChI is InChI=1S/C24H38ClF2N5O3S/c1-11-3-14(15-6-20(25)29-8-18(15)35-2)16(7-28-11)22(33)31-24-30-17-9-32(10-19(17)36-24)23(34)13-4-12(5-13)21(26)27/h11-21,24,28-30H,3-10H2,1-2H3,(H,31,33). The summed E-state index contributed by atoms with van der Waals surface area (Å²) in [6, 6.07) is 0.420. The lowest BCUT2D eigenvalue weighted by Gasteiger charge is -2.45. The average molecular weight is 550 g/mol. The van der Waals surface area contributed by atoms with Crippen molar-refractivity contribution in [3.63, 3.8) is 0 Å². The second-order valence-corrected chi connectivity index (χ2v) is 13.1. The third-order valence-corrected chi connectivity index (χ3v) is 10.6. The molecule has 12 heteroatoms. The van der Waals surface area contributed by atoms with Gasteiger partial charge in [-0.25, -0.2) is 8.78 Å². The van der Waals surface area contributed by atoms with E-state index in [9.17, 15) is 18.4 Å². The molecule has 0 spiro atoms. The minimum absolute atomic E-state index is 0.00166. The van der Waals surface area contributed by atoms with Crippen LogP contribution in [0.4, 0.5) is 8.78 Å². The number of halogens is 3. The van der Waals surface area contributed by atoms with Gasteiger partial charge in [0.2, 0.25) is 18.2 Å². The molecule has 8 nitrogen and oxygen atoms in total. The first-order valence-electron chi connectivity index (χ1n) is 13.2. The zero-order chi connectivity index (χ0) is 25.6. The molecule has 1 aliphatic carbocycles. The lowest BCUT2D eigenvalue weighted by atomic mass is 9.70. The zero-order valence-corrected chi connectivity index (χ0v) is 22.4. The minimum atomic E-state index is -2.33. The average Bonchev–Trinajstić information content (AvgIpc) is 3.36. The molecule has 4 N–H and O–H groups in total. The van der Waals surface area contributed by atoms with Crippen molar-refractivity contribution >= 4 is 35.2 Å². The van der Waals surface area contributed by atoms with Gasteiger partial charge < -0.3 is 20.3 Å². The van der Waals surface area contributed by atoms with Crippen molar-refractivity contribution < 1.29 is 23.1 Å². The third-order valence-electron chi connectivity index (χ3n) is 8.92. The molecule has 0 radical (unpaired) electrons. The first-order valence-corrected chi connectivity index (χ1v) is 14.5. The Labute approximate surface area is 220 Å². The normalized spacial score (nSPS) is 44.8. The molecular weight excluding hydrogens is 512 g/mol. The van der Waals surface area contributed by atoms with Crippen LogP contribution in [-0.2, 0) is 14.3 Å². The van der Waals surface area contributed by atoms with Gasteiger partial charge >= 0.3 is 0 Å². The molecular formula is C24H38ClF2N5O3S. The number of hydrogen-bond acceptors (Lipinski definition) is 7. The van der Waals surface area contributed by atoms with Crippen LogP contribution in [0.5, 0.6) is 0 Å². The number of carbonyl (C=O) groups is 2. The van der Waals surface area contributed by atoms with E-state index in [1.165, 1.54) is 0 Å². The molecule has 0 aromatic carbocycles. The number of fused-ring (bicyclic) bond motifs is 1. The fourth-order valence-electron chi connectivity index (χ4n) is 6.77. The number of likely N-dealkylation sites (tertiary alicyclic amines) is 1. The van der Waals surface area contributed by atoms with Crippen molar-refractivity contribution in [2.45, 2.75) is 73.5 Å². The number of methoxy groups -OCH3 is 1. The second kappa shape index (κ2) is 11.2. The van der Waals surface area contributed by atoms with Gasteiger partial charge in [0, 0.05) is 62.5 Å². The molecule has 9 unspecified atom stereocenters. The van der Waals surface area contributed by atoms with Crippen LogP contribution in [0.2, 0.25) is 0 Å². The fraction of sp³-hybridized carbons (Fsp3) is 0.917. The number of nitrogens with zero attached hydrogens (tertiary/aromatic N) is 1. The topological polar surface area (TPSA) is 94.7 Å². The largest absolute Gasteiger partial charge is 0.380 e. The van der Waals surface area contributed by atoms with Gasteiger partial charge in [0.15, 0.2) is 0 Å². The van der Waals surface area contributed by atoms with Crippen LogP contribution in [0.25, 0.3) is 0 Å². The lowest BCUT2D eigenvalue weighted by Crippen LogP contribution is -2.57. The number of piperidine rings is 2. The highest BCUT2D eigenvalue weighted by molar-refractivity contribution is 8.00. The van der Waals surface area contributed by atoms with E-state index in [0.29, 0.717) is 45.1 Å². The van der Waals surface area contributed by atoms with Crippen LogP contribution in [-0.4, -0.2) is 90.9 Å². The molecule has 9 atom stereocenters. The summed E-state index contributed by atoms with van der Waals surface area (Å²) < 4.78 is 31.3. The summed E-state index contributed by atoms with van der Waals surface area (Å²) in [5.41, 5.74) is -0.322. The van der Waals surface area contributed by atoms with E-state index >= 15 is 0 Å². The van der Waals surface area contributed by atoms with Gasteiger partial charge in [-0.1, -0.05) is 0 Å². The molecule has 4 heterocycles. The van der Waals surface area contributed by atoms with Gasteiger partial charge in [-0.3, -0.25) is 20.2 Å². The number of amides is 2. The maximum absolute atomic E-state index is 13.5. The van der Waals surface area contributed by atoms with Gasteiger partial charge in [0.05, 0.1) is 17.5 Å². The van der Waals surface area contributed by atoms with Crippen LogP contribution >= 0.6 is 23.4 Å². The molecule has 0 aromatic heterocycles. The van der Waals surface area contributed by atoms with Gasteiger partial charge in [-0.15, -0.1) is 23.4 Å². The molecule has 2 amide bonds. The summed E-state index contributed by atoms with van der Waals surface area (Å²) >= 11 is 8.09. The van der Waals surface area contributed by atoms with Crippen molar-refractivity contribution in [2.24, 2.45) is 29.6 Å². The van der Waals surface area contributed by atoms with Crippen LogP contribution in [0.15, 0.2) is 0 Å². The number of thioether (sulfide) groups is 1. The minimum Gasteiger partial charge on any atom is -0.380 e. The van der Waals surface area contributed by atoms with Crippen LogP contribution in [0, 0.1) is 29.6 Å². The van der Waals surface area contributed by atoms with E-state index in [0.717, 1.165) is 12.8 Å². The molecule has 5 rings (SSSR count). The second-order valence-electron chi connectivity index (χ2n) is 11.2. The van der Waals surface area contributed by atoms with Crippen molar-refractivity contribution in [1.29, 1.82) is 0 Å². The Morgan fingerprint density at radius 1 is 1.11 bits per heavy atom. The Kier molecular flexibility index (Phi) is 8.34. The van der Waals surface area contributed by atoms with E-state index in [2.05, 4.69) is 28.2 Å². The molecule has 0 bridgehead atoms. The monoisotopic (exact) mass is 549 g/mol. The number of rotatable bonds is 6. The summed E-state index contributed by atoms with van der Waals surface area (Å²) in [4.78, 5) is 28.0. The molecule has 5 fully saturated rings. The van der Waals surface area contributed by atoms with Crippen LogP contribution < -0.4 is 21.3 Å². The quantitative estimate of drug-likeness (QED) is 0.294. The van der Waals surface area contributed by atoms with Crippen LogP contribution in [0.1, 0.15) is 32.6 Å². The van der Waals surface area contributed by atoms with E-state index in [1.54, 1.807) is 18.9 Å². The summed E-state index contributed by atoms with van der Waals surface area (Å²) in [5, 5.41) is 13.6. The van der Waals surface area contributed by atoms with Gasteiger partial charge in [0.1, 0.15) is 5.50 Å². The third kappa shape index (κ3) is 5.52. The van der Waals surface area contributed by atoms with Crippen molar-refractivity contribution in [3.8, 4) is 0 Å². The first kappa shape index (κ1) is 26.9. The summed E-state index contributed by atoms with van der Waals surface area (Å²) in [6.07, 6.45) is -0.0517. The highest BCUT2D eigenvalue weighted by Crippen LogP contribution is 2.41. The van der Waals surface area contributed by atoms with Crippen molar-refractivity contribution in [1.82, 2.24) is 26.2 Å². The van der Waals surface area contributed by atoms with E-state index < -0.39 is 12.3 Å². The highest BCUT2D eigenvalue weighted by Gasteiger charge is 2.49. The predicted octanol–water partition coefficient (Wildman–Crippen LogP) is 1.40. The Hall–Kier alpha value is -0.720. The van der Waals surface area contributed by atoms with Gasteiger partial charge in [-0.2, -0.15) is 0 Å². The predicted molar refractivity (Wildman–Crippen MR) is 135 cm³/mol. The summed E-state index contributed by atoms with van der Waals surface area (Å²) in [5.74, 6) is -0.653. The first-order chi connectivity index (χ1) is 17.2. The molecule has 5 aliphatic rings. The number of ether oxygens (including phenoxy) is 1. The number of nitrogens with one attached hydrogen (secondary N) is 4. The zero-order valence-electron chi connectivity index (χ0n) is 20.8. The molecule has 4 saturated heterocycles. The molecule has 204 valence electrons. The SMILES string of the molecule is COC1CNC(Cl)CC1C1CC(C)NCC1C(=O)NC1NC2CN(C(=O)C3CC(C(F)F)C3)CC2S1. The van der Waals surface area contributed by atoms with Gasteiger partial charge in [0.25, 0.3) is 0 Å². The van der Waals surface area contributed by atoms with E-state index in [4.69, 9.17) is 16.3 Å². The fourth-order valence-corrected chi connectivity index (χ4v) is 8.48. The Bertz CT molecular complexity index is 811. The molecule has 0 aromatic rings. The van der Waals surface area contributed by atoms with Crippen LogP contribution in [0.3, 0.4) is 0 Å². The van der Waals surface area contributed by atoms with Crippen molar-refractivity contribution in [3.05, 3.63) is 0 Å². The molecule has 36 heavy (non-hydrogen) atoms.